The molecule has 1 aromatic heterocycles. The van der Waals surface area contributed by atoms with Crippen molar-refractivity contribution < 1.29 is 0 Å². The molecule has 0 atom stereocenters. The average Bonchev–Trinajstić information content (AvgIpc) is 3.02. The third-order valence-electron chi connectivity index (χ3n) is 4.36. The normalized spacial score (nSPS) is 12.1. The molecule has 0 aliphatic carbocycles. The van der Waals surface area contributed by atoms with Crippen LogP contribution in [0.2, 0.25) is 14.8 Å². The van der Waals surface area contributed by atoms with Gasteiger partial charge in [-0.3, -0.25) is 0 Å². The zero-order valence-electron chi connectivity index (χ0n) is 13.8. The van der Waals surface area contributed by atoms with E-state index in [0.29, 0.717) is 0 Å². The molecule has 3 aromatic carbocycles. The third-order valence-corrected chi connectivity index (χ3v) is 15.0. The van der Waals surface area contributed by atoms with Gasteiger partial charge in [-0.2, -0.15) is 0 Å². The predicted octanol–water partition coefficient (Wildman–Crippen LogP) is 6.27. The topological polar surface area (TPSA) is 0 Å². The summed E-state index contributed by atoms with van der Waals surface area (Å²) < 4.78 is 1.64. The van der Waals surface area contributed by atoms with Gasteiger partial charge < -0.3 is 0 Å². The minimum atomic E-state index is -2.01. The van der Waals surface area contributed by atoms with Crippen molar-refractivity contribution in [2.45, 2.75) is 14.8 Å². The van der Waals surface area contributed by atoms with Crippen LogP contribution in [-0.2, 0) is 0 Å². The van der Waals surface area contributed by atoms with E-state index in [0.717, 1.165) is 0 Å². The van der Waals surface area contributed by atoms with Gasteiger partial charge in [0.1, 0.15) is 0 Å². The first-order valence-electron chi connectivity index (χ1n) is 8.05. The Morgan fingerprint density at radius 2 is 1.26 bits per heavy atom. The molecule has 0 N–H and O–H groups in total. The molecule has 0 radical (unpaired) electrons. The maximum atomic E-state index is 2.49. The first-order chi connectivity index (χ1) is 11.0. The summed E-state index contributed by atoms with van der Waals surface area (Å²) in [7, 11) is 0. The first kappa shape index (κ1) is 15.2. The molecule has 0 aliphatic rings. The average molecular weight is 423 g/mol. The molecule has 0 spiro atoms. The van der Waals surface area contributed by atoms with E-state index in [4.69, 9.17) is 0 Å². The second-order valence-corrected chi connectivity index (χ2v) is 23.6. The molecule has 0 nitrogen and oxygen atoms in total. The van der Waals surface area contributed by atoms with Crippen LogP contribution in [0.25, 0.3) is 32.0 Å². The summed E-state index contributed by atoms with van der Waals surface area (Å²) in [6.07, 6.45) is 0. The van der Waals surface area contributed by atoms with Crippen LogP contribution in [0.3, 0.4) is 0 Å². The van der Waals surface area contributed by atoms with Gasteiger partial charge in [-0.25, -0.2) is 0 Å². The minimum absolute atomic E-state index is 1.33. The van der Waals surface area contributed by atoms with Crippen LogP contribution in [-0.4, -0.2) is 18.4 Å². The Labute approximate surface area is 145 Å². The van der Waals surface area contributed by atoms with Crippen molar-refractivity contribution in [2.75, 3.05) is 0 Å². The quantitative estimate of drug-likeness (QED) is 0.264. The molecular formula is C21H20SSn. The summed E-state index contributed by atoms with van der Waals surface area (Å²) >= 11 is 0.00678. The van der Waals surface area contributed by atoms with Crippen molar-refractivity contribution in [1.82, 2.24) is 0 Å². The Bertz CT molecular complexity index is 951. The molecule has 23 heavy (non-hydrogen) atoms. The van der Waals surface area contributed by atoms with Gasteiger partial charge in [-0.1, -0.05) is 0 Å². The van der Waals surface area contributed by atoms with Crippen LogP contribution in [0.1, 0.15) is 0 Å². The summed E-state index contributed by atoms with van der Waals surface area (Å²) in [5, 5.41) is 5.39. The SMILES string of the molecule is [CH3][Sn]([CH3])([CH3])[c]1ccc(-c2c3ccccc3cc3ccccc23)s1. The van der Waals surface area contributed by atoms with E-state index in [9.17, 15) is 0 Å². The van der Waals surface area contributed by atoms with Crippen molar-refractivity contribution in [3.05, 3.63) is 66.7 Å². The van der Waals surface area contributed by atoms with Crippen LogP contribution >= 0.6 is 11.3 Å². The molecule has 0 saturated carbocycles. The summed E-state index contributed by atoms with van der Waals surface area (Å²) in [5.41, 5.74) is 1.41. The number of thiophene rings is 1. The monoisotopic (exact) mass is 424 g/mol. The number of benzene rings is 3. The van der Waals surface area contributed by atoms with Crippen molar-refractivity contribution in [2.24, 2.45) is 0 Å². The molecule has 0 amide bonds. The number of hydrogen-bond donors (Lipinski definition) is 0. The molecule has 1 heterocycles. The summed E-state index contributed by atoms with van der Waals surface area (Å²) in [6.45, 7) is 0. The van der Waals surface area contributed by atoms with Gasteiger partial charge in [-0.05, 0) is 0 Å². The van der Waals surface area contributed by atoms with Crippen LogP contribution in [0.4, 0.5) is 0 Å². The van der Waals surface area contributed by atoms with Gasteiger partial charge in [0, 0.05) is 0 Å². The predicted molar refractivity (Wildman–Crippen MR) is 108 cm³/mol. The standard InChI is InChI=1S/C18H11S.3CH3.Sn/c1-3-8-15-13(6-1)12-14-7-2-4-9-16(14)18(15)17-10-5-11-19-17;;;;/h1-10,12H;3*1H3;. The second kappa shape index (κ2) is 5.64. The number of hydrogen-bond acceptors (Lipinski definition) is 1. The van der Waals surface area contributed by atoms with Crippen LogP contribution in [0.15, 0.2) is 66.7 Å². The van der Waals surface area contributed by atoms with Crippen LogP contribution in [0, 0.1) is 0 Å². The fraction of sp³-hybridized carbons (Fsp3) is 0.143. The van der Waals surface area contributed by atoms with Crippen molar-refractivity contribution in [1.29, 1.82) is 0 Å². The Morgan fingerprint density at radius 3 is 1.78 bits per heavy atom. The molecule has 2 heteroatoms. The third kappa shape index (κ3) is 2.70. The van der Waals surface area contributed by atoms with Crippen LogP contribution in [0.5, 0.6) is 0 Å². The second-order valence-electron chi connectivity index (χ2n) is 7.11. The molecule has 4 aromatic rings. The Morgan fingerprint density at radius 1 is 0.696 bits per heavy atom. The zero-order valence-corrected chi connectivity index (χ0v) is 17.4. The van der Waals surface area contributed by atoms with Crippen molar-refractivity contribution in [3.63, 3.8) is 0 Å². The van der Waals surface area contributed by atoms with Gasteiger partial charge in [0.05, 0.1) is 0 Å². The maximum absolute atomic E-state index is 2.49. The summed E-state index contributed by atoms with van der Waals surface area (Å²) in [5.74, 6) is 0. The molecule has 0 aliphatic heterocycles. The molecule has 114 valence electrons. The van der Waals surface area contributed by atoms with E-state index in [1.54, 1.807) is 2.89 Å². The van der Waals surface area contributed by atoms with Gasteiger partial charge in [0.2, 0.25) is 0 Å². The van der Waals surface area contributed by atoms with E-state index in [1.807, 2.05) is 11.3 Å². The van der Waals surface area contributed by atoms with Crippen molar-refractivity contribution >= 4 is 54.2 Å². The van der Waals surface area contributed by atoms with Crippen LogP contribution < -0.4 is 2.89 Å². The van der Waals surface area contributed by atoms with E-state index in [-0.39, 0.29) is 0 Å². The van der Waals surface area contributed by atoms with E-state index in [1.165, 1.54) is 32.0 Å². The van der Waals surface area contributed by atoms with Crippen molar-refractivity contribution in [3.8, 4) is 10.4 Å². The summed E-state index contributed by atoms with van der Waals surface area (Å²) in [4.78, 5) is 8.89. The summed E-state index contributed by atoms with van der Waals surface area (Å²) in [6, 6.07) is 24.6. The number of fused-ring (bicyclic) bond motifs is 2. The van der Waals surface area contributed by atoms with E-state index < -0.39 is 18.4 Å². The molecule has 4 rings (SSSR count). The molecular weight excluding hydrogens is 403 g/mol. The van der Waals surface area contributed by atoms with E-state index in [2.05, 4.69) is 81.5 Å². The molecule has 0 saturated heterocycles. The Balaban J connectivity index is 2.09. The number of rotatable bonds is 2. The van der Waals surface area contributed by atoms with E-state index >= 15 is 0 Å². The molecule has 0 fully saturated rings. The zero-order chi connectivity index (χ0) is 16.0. The first-order valence-corrected chi connectivity index (χ1v) is 18.9. The fourth-order valence-electron chi connectivity index (χ4n) is 3.15. The molecule has 0 bridgehead atoms. The van der Waals surface area contributed by atoms with Gasteiger partial charge in [0.25, 0.3) is 0 Å². The fourth-order valence-corrected chi connectivity index (χ4v) is 9.52. The van der Waals surface area contributed by atoms with Gasteiger partial charge in [0.15, 0.2) is 0 Å². The Kier molecular flexibility index (Phi) is 3.73. The Hall–Kier alpha value is -1.32. The molecule has 0 unspecified atom stereocenters. The van der Waals surface area contributed by atoms with Gasteiger partial charge in [-0.15, -0.1) is 0 Å². The van der Waals surface area contributed by atoms with Gasteiger partial charge >= 0.3 is 146 Å².